The van der Waals surface area contributed by atoms with Crippen LogP contribution < -0.4 is 4.74 Å². The number of esters is 1. The standard InChI is InChI=1S/C19H23FO5S/c1-19(2,3)25-18(23)13(14(21)10-6-7-10)15(22)11-8-9-12(20)16(24-4)17(11)26-5/h8-10,13H,6-7H2,1-5H3. The van der Waals surface area contributed by atoms with Crippen molar-refractivity contribution in [3.05, 3.63) is 23.5 Å². The number of hydrogen-bond acceptors (Lipinski definition) is 6. The third kappa shape index (κ3) is 4.44. The van der Waals surface area contributed by atoms with Crippen molar-refractivity contribution in [1.29, 1.82) is 0 Å². The fourth-order valence-electron chi connectivity index (χ4n) is 2.60. The second-order valence-corrected chi connectivity index (χ2v) is 7.99. The minimum absolute atomic E-state index is 0.0786. The predicted octanol–water partition coefficient (Wildman–Crippen LogP) is 3.68. The summed E-state index contributed by atoms with van der Waals surface area (Å²) in [4.78, 5) is 38.6. The van der Waals surface area contributed by atoms with Crippen LogP contribution in [-0.4, -0.2) is 36.5 Å². The molecule has 7 heteroatoms. The molecule has 1 saturated carbocycles. The second kappa shape index (κ2) is 7.78. The Labute approximate surface area is 156 Å². The smallest absolute Gasteiger partial charge is 0.325 e. The summed E-state index contributed by atoms with van der Waals surface area (Å²) in [5.41, 5.74) is -0.747. The molecule has 1 aromatic rings. The molecule has 1 fully saturated rings. The van der Waals surface area contributed by atoms with Gasteiger partial charge in [0.05, 0.1) is 12.0 Å². The molecule has 0 aliphatic heterocycles. The van der Waals surface area contributed by atoms with E-state index >= 15 is 0 Å². The first-order chi connectivity index (χ1) is 12.1. The van der Waals surface area contributed by atoms with E-state index in [1.807, 2.05) is 0 Å². The summed E-state index contributed by atoms with van der Waals surface area (Å²) in [6, 6.07) is 2.38. The zero-order valence-corrected chi connectivity index (χ0v) is 16.4. The topological polar surface area (TPSA) is 69.7 Å². The zero-order chi connectivity index (χ0) is 19.6. The van der Waals surface area contributed by atoms with E-state index in [1.54, 1.807) is 27.0 Å². The highest BCUT2D eigenvalue weighted by Gasteiger charge is 2.45. The van der Waals surface area contributed by atoms with Crippen LogP contribution in [0.15, 0.2) is 17.0 Å². The van der Waals surface area contributed by atoms with Gasteiger partial charge >= 0.3 is 5.97 Å². The molecule has 0 spiro atoms. The first-order valence-corrected chi connectivity index (χ1v) is 9.54. The Kier molecular flexibility index (Phi) is 6.11. The molecule has 1 aliphatic carbocycles. The molecular formula is C19H23FO5S. The molecule has 0 saturated heterocycles. The van der Waals surface area contributed by atoms with E-state index in [0.29, 0.717) is 12.8 Å². The average Bonchev–Trinajstić information content (AvgIpc) is 3.37. The number of benzene rings is 1. The van der Waals surface area contributed by atoms with E-state index in [9.17, 15) is 18.8 Å². The highest BCUT2D eigenvalue weighted by molar-refractivity contribution is 7.98. The number of thioether (sulfide) groups is 1. The Morgan fingerprint density at radius 2 is 1.85 bits per heavy atom. The van der Waals surface area contributed by atoms with E-state index in [-0.39, 0.29) is 22.1 Å². The van der Waals surface area contributed by atoms with E-state index < -0.39 is 34.9 Å². The number of rotatable bonds is 7. The molecule has 142 valence electrons. The number of methoxy groups -OCH3 is 1. The number of hydrogen-bond donors (Lipinski definition) is 0. The van der Waals surface area contributed by atoms with Gasteiger partial charge in [-0.1, -0.05) is 0 Å². The van der Waals surface area contributed by atoms with Gasteiger partial charge in [0.2, 0.25) is 0 Å². The summed E-state index contributed by atoms with van der Waals surface area (Å²) >= 11 is 1.12. The first kappa shape index (κ1) is 20.4. The molecule has 1 aromatic carbocycles. The van der Waals surface area contributed by atoms with Gasteiger partial charge in [0.15, 0.2) is 29.1 Å². The van der Waals surface area contributed by atoms with Crippen LogP contribution in [0.2, 0.25) is 0 Å². The van der Waals surface area contributed by atoms with Crippen molar-refractivity contribution >= 4 is 29.3 Å². The molecule has 5 nitrogen and oxygen atoms in total. The summed E-state index contributed by atoms with van der Waals surface area (Å²) < 4.78 is 24.3. The van der Waals surface area contributed by atoms with Crippen molar-refractivity contribution in [2.45, 2.75) is 44.1 Å². The third-order valence-corrected chi connectivity index (χ3v) is 4.72. The van der Waals surface area contributed by atoms with E-state index in [4.69, 9.17) is 9.47 Å². The molecule has 0 amide bonds. The summed E-state index contributed by atoms with van der Waals surface area (Å²) in [6.45, 7) is 5.01. The van der Waals surface area contributed by atoms with Gasteiger partial charge < -0.3 is 9.47 Å². The normalized spacial score (nSPS) is 15.3. The maximum absolute atomic E-state index is 14.0. The Morgan fingerprint density at radius 3 is 2.31 bits per heavy atom. The number of carbonyl (C=O) groups is 3. The quantitative estimate of drug-likeness (QED) is 0.310. The maximum atomic E-state index is 14.0. The number of carbonyl (C=O) groups excluding carboxylic acids is 3. The van der Waals surface area contributed by atoms with Gasteiger partial charge in [0, 0.05) is 11.5 Å². The van der Waals surface area contributed by atoms with Gasteiger partial charge in [-0.2, -0.15) is 0 Å². The molecule has 0 bridgehead atoms. The van der Waals surface area contributed by atoms with Crippen molar-refractivity contribution < 1.29 is 28.2 Å². The molecule has 0 radical (unpaired) electrons. The Bertz CT molecular complexity index is 734. The molecular weight excluding hydrogens is 359 g/mol. The van der Waals surface area contributed by atoms with Crippen LogP contribution in [0, 0.1) is 17.7 Å². The fourth-order valence-corrected chi connectivity index (χ4v) is 3.35. The zero-order valence-electron chi connectivity index (χ0n) is 15.6. The summed E-state index contributed by atoms with van der Waals surface area (Å²) in [6.07, 6.45) is 2.99. The molecule has 1 atom stereocenters. The van der Waals surface area contributed by atoms with Crippen LogP contribution in [-0.2, 0) is 14.3 Å². The largest absolute Gasteiger partial charge is 0.492 e. The number of ether oxygens (including phenoxy) is 2. The van der Waals surface area contributed by atoms with Gasteiger partial charge in [0.25, 0.3) is 0 Å². The lowest BCUT2D eigenvalue weighted by Gasteiger charge is -2.23. The van der Waals surface area contributed by atoms with Gasteiger partial charge in [0.1, 0.15) is 5.60 Å². The van der Waals surface area contributed by atoms with Crippen molar-refractivity contribution in [2.24, 2.45) is 11.8 Å². The minimum Gasteiger partial charge on any atom is -0.492 e. The highest BCUT2D eigenvalue weighted by Crippen LogP contribution is 2.38. The predicted molar refractivity (Wildman–Crippen MR) is 96.1 cm³/mol. The number of ketones is 2. The molecule has 0 aromatic heterocycles. The van der Waals surface area contributed by atoms with Crippen LogP contribution >= 0.6 is 11.8 Å². The fraction of sp³-hybridized carbons (Fsp3) is 0.526. The van der Waals surface area contributed by atoms with Crippen molar-refractivity contribution in [2.75, 3.05) is 13.4 Å². The third-order valence-electron chi connectivity index (χ3n) is 3.91. The summed E-state index contributed by atoms with van der Waals surface area (Å²) in [5, 5.41) is 0. The van der Waals surface area contributed by atoms with Crippen LogP contribution in [0.25, 0.3) is 0 Å². The number of halogens is 1. The highest BCUT2D eigenvalue weighted by atomic mass is 32.2. The van der Waals surface area contributed by atoms with E-state index in [2.05, 4.69) is 0 Å². The van der Waals surface area contributed by atoms with Crippen LogP contribution in [0.5, 0.6) is 5.75 Å². The van der Waals surface area contributed by atoms with Crippen molar-refractivity contribution in [1.82, 2.24) is 0 Å². The van der Waals surface area contributed by atoms with Gasteiger partial charge in [-0.25, -0.2) is 4.39 Å². The van der Waals surface area contributed by atoms with Gasteiger partial charge in [-0.05, 0) is 52.0 Å². The van der Waals surface area contributed by atoms with E-state index in [1.165, 1.54) is 13.2 Å². The summed E-state index contributed by atoms with van der Waals surface area (Å²) in [7, 11) is 1.30. The summed E-state index contributed by atoms with van der Waals surface area (Å²) in [5.74, 6) is -4.51. The SMILES string of the molecule is COc1c(F)ccc(C(=O)C(C(=O)OC(C)(C)C)C(=O)C2CC2)c1SC. The van der Waals surface area contributed by atoms with Gasteiger partial charge in [-0.3, -0.25) is 14.4 Å². The minimum atomic E-state index is -1.54. The monoisotopic (exact) mass is 382 g/mol. The van der Waals surface area contributed by atoms with Crippen molar-refractivity contribution in [3.8, 4) is 5.75 Å². The molecule has 1 aliphatic rings. The van der Waals surface area contributed by atoms with Gasteiger partial charge in [-0.15, -0.1) is 11.8 Å². The molecule has 2 rings (SSSR count). The maximum Gasteiger partial charge on any atom is 0.325 e. The lowest BCUT2D eigenvalue weighted by Crippen LogP contribution is -2.38. The molecule has 0 N–H and O–H groups in total. The molecule has 1 unspecified atom stereocenters. The lowest BCUT2D eigenvalue weighted by molar-refractivity contribution is -0.160. The van der Waals surface area contributed by atoms with Crippen LogP contribution in [0.1, 0.15) is 44.0 Å². The van der Waals surface area contributed by atoms with Crippen LogP contribution in [0.4, 0.5) is 4.39 Å². The average molecular weight is 382 g/mol. The lowest BCUT2D eigenvalue weighted by atomic mass is 9.91. The Balaban J connectivity index is 2.47. The Hall–Kier alpha value is -1.89. The number of Topliss-reactive ketones (excluding diaryl/α,β-unsaturated/α-hetero) is 2. The molecule has 0 heterocycles. The second-order valence-electron chi connectivity index (χ2n) is 7.17. The van der Waals surface area contributed by atoms with Crippen LogP contribution in [0.3, 0.4) is 0 Å². The van der Waals surface area contributed by atoms with Crippen molar-refractivity contribution in [3.63, 3.8) is 0 Å². The molecule has 26 heavy (non-hydrogen) atoms. The first-order valence-electron chi connectivity index (χ1n) is 8.32. The Morgan fingerprint density at radius 1 is 1.23 bits per heavy atom. The van der Waals surface area contributed by atoms with E-state index in [0.717, 1.165) is 17.8 Å².